The molecule has 0 aliphatic heterocycles. The zero-order valence-corrected chi connectivity index (χ0v) is 13.3. The maximum Gasteiger partial charge on any atom is 0.277 e. The number of aryl methyl sites for hydroxylation is 1. The van der Waals surface area contributed by atoms with Crippen LogP contribution >= 0.6 is 11.8 Å². The van der Waals surface area contributed by atoms with Crippen LogP contribution in [0.1, 0.15) is 21.5 Å². The predicted molar refractivity (Wildman–Crippen MR) is 89.0 cm³/mol. The van der Waals surface area contributed by atoms with Gasteiger partial charge >= 0.3 is 0 Å². The average Bonchev–Trinajstić information content (AvgIpc) is 3.03. The molecule has 3 rings (SSSR count). The van der Waals surface area contributed by atoms with E-state index in [2.05, 4.69) is 10.2 Å². The van der Waals surface area contributed by atoms with E-state index in [1.807, 2.05) is 43.3 Å². The molecule has 1 heterocycles. The van der Waals surface area contributed by atoms with Crippen molar-refractivity contribution in [2.24, 2.45) is 5.73 Å². The van der Waals surface area contributed by atoms with Crippen LogP contribution in [0.3, 0.4) is 0 Å². The van der Waals surface area contributed by atoms with Crippen molar-refractivity contribution < 1.29 is 9.21 Å². The van der Waals surface area contributed by atoms with Gasteiger partial charge in [0.05, 0.1) is 0 Å². The van der Waals surface area contributed by atoms with E-state index in [4.69, 9.17) is 10.2 Å². The predicted octanol–water partition coefficient (Wildman–Crippen LogP) is 3.44. The largest absolute Gasteiger partial charge is 0.411 e. The van der Waals surface area contributed by atoms with E-state index in [1.165, 1.54) is 17.3 Å². The first kappa shape index (κ1) is 15.3. The molecule has 0 fully saturated rings. The van der Waals surface area contributed by atoms with Crippen molar-refractivity contribution in [3.63, 3.8) is 0 Å². The standard InChI is InChI=1S/C17H15N3O2S/c1-11-2-6-14(7-3-11)16-19-20-17(22-16)23-10-12-4-8-13(9-5-12)15(18)21/h2-9H,10H2,1H3,(H2,18,21). The minimum absolute atomic E-state index is 0.427. The monoisotopic (exact) mass is 325 g/mol. The van der Waals surface area contributed by atoms with Crippen LogP contribution in [0.5, 0.6) is 0 Å². The van der Waals surface area contributed by atoms with Crippen molar-refractivity contribution >= 4 is 17.7 Å². The van der Waals surface area contributed by atoms with Gasteiger partial charge < -0.3 is 10.2 Å². The summed E-state index contributed by atoms with van der Waals surface area (Å²) in [5.74, 6) is 0.759. The highest BCUT2D eigenvalue weighted by molar-refractivity contribution is 7.98. The molecule has 0 spiro atoms. The molecule has 23 heavy (non-hydrogen) atoms. The van der Waals surface area contributed by atoms with Crippen LogP contribution < -0.4 is 5.73 Å². The van der Waals surface area contributed by atoms with E-state index in [-0.39, 0.29) is 0 Å². The highest BCUT2D eigenvalue weighted by atomic mass is 32.2. The van der Waals surface area contributed by atoms with Crippen LogP contribution in [0.15, 0.2) is 58.2 Å². The topological polar surface area (TPSA) is 82.0 Å². The molecule has 2 aromatic carbocycles. The van der Waals surface area contributed by atoms with Crippen LogP contribution in [0, 0.1) is 6.92 Å². The molecule has 1 amide bonds. The SMILES string of the molecule is Cc1ccc(-c2nnc(SCc3ccc(C(N)=O)cc3)o2)cc1. The second-order valence-corrected chi connectivity index (χ2v) is 6.02. The molecular weight excluding hydrogens is 310 g/mol. The molecule has 6 heteroatoms. The Bertz CT molecular complexity index is 811. The summed E-state index contributed by atoms with van der Waals surface area (Å²) >= 11 is 1.45. The number of rotatable bonds is 5. The molecule has 0 saturated carbocycles. The van der Waals surface area contributed by atoms with E-state index in [1.54, 1.807) is 12.1 Å². The molecule has 0 atom stereocenters. The van der Waals surface area contributed by atoms with Crippen LogP contribution in [0.25, 0.3) is 11.5 Å². The number of carbonyl (C=O) groups excluding carboxylic acids is 1. The fourth-order valence-electron chi connectivity index (χ4n) is 1.99. The maximum atomic E-state index is 11.0. The van der Waals surface area contributed by atoms with E-state index in [0.717, 1.165) is 11.1 Å². The summed E-state index contributed by atoms with van der Waals surface area (Å²) < 4.78 is 5.66. The highest BCUT2D eigenvalue weighted by Crippen LogP contribution is 2.25. The lowest BCUT2D eigenvalue weighted by Crippen LogP contribution is -2.10. The third-order valence-corrected chi connectivity index (χ3v) is 4.20. The van der Waals surface area contributed by atoms with Crippen molar-refractivity contribution in [2.45, 2.75) is 17.9 Å². The van der Waals surface area contributed by atoms with Crippen molar-refractivity contribution in [1.82, 2.24) is 10.2 Å². The average molecular weight is 325 g/mol. The molecule has 3 aromatic rings. The molecule has 0 saturated heterocycles. The second kappa shape index (κ2) is 6.66. The van der Waals surface area contributed by atoms with Gasteiger partial charge in [0.2, 0.25) is 11.8 Å². The number of nitrogens with two attached hydrogens (primary N) is 1. The Labute approximate surface area is 137 Å². The summed E-state index contributed by atoms with van der Waals surface area (Å²) in [5, 5.41) is 8.63. The molecule has 5 nitrogen and oxygen atoms in total. The molecule has 0 bridgehead atoms. The number of aromatic nitrogens is 2. The van der Waals surface area contributed by atoms with Crippen LogP contribution in [-0.4, -0.2) is 16.1 Å². The third-order valence-electron chi connectivity index (χ3n) is 3.31. The van der Waals surface area contributed by atoms with E-state index in [9.17, 15) is 4.79 Å². The van der Waals surface area contributed by atoms with Gasteiger partial charge in [-0.1, -0.05) is 41.6 Å². The summed E-state index contributed by atoms with van der Waals surface area (Å²) in [6.45, 7) is 2.03. The van der Waals surface area contributed by atoms with Crippen LogP contribution in [0.2, 0.25) is 0 Å². The Hall–Kier alpha value is -2.60. The fourth-order valence-corrected chi connectivity index (χ4v) is 2.71. The van der Waals surface area contributed by atoms with Gasteiger partial charge in [-0.25, -0.2) is 0 Å². The number of hydrogen-bond acceptors (Lipinski definition) is 5. The van der Waals surface area contributed by atoms with Crippen molar-refractivity contribution in [1.29, 1.82) is 0 Å². The second-order valence-electron chi connectivity index (χ2n) is 5.09. The molecule has 0 radical (unpaired) electrons. The fraction of sp³-hybridized carbons (Fsp3) is 0.118. The van der Waals surface area contributed by atoms with Gasteiger partial charge in [-0.15, -0.1) is 10.2 Å². The minimum atomic E-state index is -0.427. The lowest BCUT2D eigenvalue weighted by molar-refractivity contribution is 0.100. The number of hydrogen-bond donors (Lipinski definition) is 1. The van der Waals surface area contributed by atoms with E-state index >= 15 is 0 Å². The van der Waals surface area contributed by atoms with Crippen molar-refractivity contribution in [3.8, 4) is 11.5 Å². The van der Waals surface area contributed by atoms with Crippen molar-refractivity contribution in [3.05, 3.63) is 65.2 Å². The number of thioether (sulfide) groups is 1. The van der Waals surface area contributed by atoms with Gasteiger partial charge in [0, 0.05) is 16.9 Å². The minimum Gasteiger partial charge on any atom is -0.411 e. The summed E-state index contributed by atoms with van der Waals surface area (Å²) in [6, 6.07) is 15.1. The summed E-state index contributed by atoms with van der Waals surface area (Å²) in [6.07, 6.45) is 0. The molecule has 0 aliphatic rings. The van der Waals surface area contributed by atoms with Gasteiger partial charge in [-0.3, -0.25) is 4.79 Å². The van der Waals surface area contributed by atoms with Gasteiger partial charge in [-0.05, 0) is 36.8 Å². The number of benzene rings is 2. The maximum absolute atomic E-state index is 11.0. The van der Waals surface area contributed by atoms with E-state index in [0.29, 0.717) is 22.4 Å². The molecular formula is C17H15N3O2S. The molecule has 116 valence electrons. The third kappa shape index (κ3) is 3.78. The Morgan fingerprint density at radius 3 is 2.43 bits per heavy atom. The Kier molecular flexibility index (Phi) is 4.43. The lowest BCUT2D eigenvalue weighted by atomic mass is 10.1. The van der Waals surface area contributed by atoms with Gasteiger partial charge in [0.15, 0.2) is 0 Å². The Morgan fingerprint density at radius 2 is 1.78 bits per heavy atom. The Morgan fingerprint density at radius 1 is 1.09 bits per heavy atom. The lowest BCUT2D eigenvalue weighted by Gasteiger charge is -2.00. The quantitative estimate of drug-likeness (QED) is 0.727. The first-order valence-corrected chi connectivity index (χ1v) is 8.02. The molecule has 0 aliphatic carbocycles. The highest BCUT2D eigenvalue weighted by Gasteiger charge is 2.09. The van der Waals surface area contributed by atoms with Gasteiger partial charge in [0.1, 0.15) is 0 Å². The van der Waals surface area contributed by atoms with Crippen LogP contribution in [-0.2, 0) is 5.75 Å². The first-order chi connectivity index (χ1) is 11.1. The zero-order chi connectivity index (χ0) is 16.2. The van der Waals surface area contributed by atoms with Crippen molar-refractivity contribution in [2.75, 3.05) is 0 Å². The van der Waals surface area contributed by atoms with Crippen LogP contribution in [0.4, 0.5) is 0 Å². The first-order valence-electron chi connectivity index (χ1n) is 7.04. The number of primary amides is 1. The normalized spacial score (nSPS) is 10.7. The smallest absolute Gasteiger partial charge is 0.277 e. The number of carbonyl (C=O) groups is 1. The Balaban J connectivity index is 1.65. The molecule has 0 unspecified atom stereocenters. The molecule has 2 N–H and O–H groups in total. The zero-order valence-electron chi connectivity index (χ0n) is 12.5. The summed E-state index contributed by atoms with van der Waals surface area (Å²) in [7, 11) is 0. The number of nitrogens with zero attached hydrogens (tertiary/aromatic N) is 2. The molecule has 1 aromatic heterocycles. The summed E-state index contributed by atoms with van der Waals surface area (Å²) in [5.41, 5.74) is 8.85. The van der Waals surface area contributed by atoms with Gasteiger partial charge in [0.25, 0.3) is 5.22 Å². The van der Waals surface area contributed by atoms with Gasteiger partial charge in [-0.2, -0.15) is 0 Å². The van der Waals surface area contributed by atoms with E-state index < -0.39 is 5.91 Å². The number of amides is 1. The summed E-state index contributed by atoms with van der Waals surface area (Å²) in [4.78, 5) is 11.0.